The molecule has 0 atom stereocenters. The molecular weight excluding hydrogens is 220 g/mol. The van der Waals surface area contributed by atoms with Crippen LogP contribution in [0.2, 0.25) is 0 Å². The minimum absolute atomic E-state index is 0.736. The summed E-state index contributed by atoms with van der Waals surface area (Å²) in [7, 11) is 0. The molecule has 0 amide bonds. The van der Waals surface area contributed by atoms with Crippen molar-refractivity contribution in [3.63, 3.8) is 0 Å². The average molecular weight is 244 g/mol. The molecule has 1 aromatic carbocycles. The number of hydrogen-bond acceptors (Lipinski definition) is 1. The van der Waals surface area contributed by atoms with Gasteiger partial charge in [-0.25, -0.2) is 0 Å². The van der Waals surface area contributed by atoms with Crippen molar-refractivity contribution in [3.05, 3.63) is 48.0 Å². The second-order valence-corrected chi connectivity index (χ2v) is 5.23. The van der Waals surface area contributed by atoms with Crippen molar-refractivity contribution in [3.8, 4) is 0 Å². The van der Waals surface area contributed by atoms with E-state index in [0.717, 1.165) is 25.0 Å². The standard InChI is InChI=1S/C17H24O/c1-3-14-5-9-16(10-6-14)17-11-7-15(8-12-17)13-18-4-2/h3,7-8,11-12,14,16H,1,4-6,9-10,13H2,2H3. The van der Waals surface area contributed by atoms with E-state index in [9.17, 15) is 0 Å². The first-order valence-corrected chi connectivity index (χ1v) is 7.12. The lowest BCUT2D eigenvalue weighted by Crippen LogP contribution is -2.11. The van der Waals surface area contributed by atoms with Gasteiger partial charge in [0.25, 0.3) is 0 Å². The van der Waals surface area contributed by atoms with Crippen LogP contribution in [0.5, 0.6) is 0 Å². The van der Waals surface area contributed by atoms with Crippen LogP contribution in [0.3, 0.4) is 0 Å². The van der Waals surface area contributed by atoms with Gasteiger partial charge >= 0.3 is 0 Å². The van der Waals surface area contributed by atoms with Gasteiger partial charge in [-0.05, 0) is 55.6 Å². The summed E-state index contributed by atoms with van der Waals surface area (Å²) in [6.45, 7) is 7.46. The van der Waals surface area contributed by atoms with E-state index in [-0.39, 0.29) is 0 Å². The van der Waals surface area contributed by atoms with E-state index in [1.54, 1.807) is 0 Å². The van der Waals surface area contributed by atoms with Crippen LogP contribution in [-0.4, -0.2) is 6.61 Å². The van der Waals surface area contributed by atoms with Gasteiger partial charge in [0.05, 0.1) is 6.61 Å². The van der Waals surface area contributed by atoms with Crippen molar-refractivity contribution in [2.75, 3.05) is 6.61 Å². The van der Waals surface area contributed by atoms with Gasteiger partial charge in [0.1, 0.15) is 0 Å². The van der Waals surface area contributed by atoms with Crippen LogP contribution < -0.4 is 0 Å². The second kappa shape index (κ2) is 6.75. The molecule has 2 rings (SSSR count). The van der Waals surface area contributed by atoms with Crippen molar-refractivity contribution >= 4 is 0 Å². The van der Waals surface area contributed by atoms with Crippen molar-refractivity contribution in [2.24, 2.45) is 5.92 Å². The molecule has 0 aromatic heterocycles. The van der Waals surface area contributed by atoms with E-state index >= 15 is 0 Å². The Kier molecular flexibility index (Phi) is 5.00. The molecule has 0 heterocycles. The SMILES string of the molecule is C=CC1CCC(c2ccc(COCC)cc2)CC1. The maximum Gasteiger partial charge on any atom is 0.0716 e. The third-order valence-electron chi connectivity index (χ3n) is 4.03. The van der Waals surface area contributed by atoms with Crippen molar-refractivity contribution in [1.82, 2.24) is 0 Å². The molecule has 0 aliphatic heterocycles. The molecule has 1 nitrogen and oxygen atoms in total. The third-order valence-corrected chi connectivity index (χ3v) is 4.03. The minimum atomic E-state index is 0.736. The van der Waals surface area contributed by atoms with Crippen LogP contribution in [0, 0.1) is 5.92 Å². The van der Waals surface area contributed by atoms with Gasteiger partial charge in [-0.2, -0.15) is 0 Å². The molecule has 1 aliphatic carbocycles. The van der Waals surface area contributed by atoms with E-state index in [4.69, 9.17) is 4.74 Å². The van der Waals surface area contributed by atoms with Crippen LogP contribution in [0.4, 0.5) is 0 Å². The van der Waals surface area contributed by atoms with Crippen molar-refractivity contribution < 1.29 is 4.74 Å². The highest BCUT2D eigenvalue weighted by molar-refractivity contribution is 5.25. The molecule has 0 saturated heterocycles. The molecule has 0 bridgehead atoms. The Labute approximate surface area is 111 Å². The Morgan fingerprint density at radius 2 is 1.83 bits per heavy atom. The summed E-state index contributed by atoms with van der Waals surface area (Å²) in [5.41, 5.74) is 2.78. The Bertz CT molecular complexity index is 358. The van der Waals surface area contributed by atoms with Crippen molar-refractivity contribution in [2.45, 2.75) is 45.1 Å². The predicted octanol–water partition coefficient (Wildman–Crippen LogP) is 4.68. The largest absolute Gasteiger partial charge is 0.377 e. The normalized spacial score (nSPS) is 23.8. The van der Waals surface area contributed by atoms with E-state index in [0.29, 0.717) is 0 Å². The lowest BCUT2D eigenvalue weighted by atomic mass is 9.79. The van der Waals surface area contributed by atoms with Gasteiger partial charge in [0.15, 0.2) is 0 Å². The topological polar surface area (TPSA) is 9.23 Å². The Morgan fingerprint density at radius 1 is 1.17 bits per heavy atom. The Morgan fingerprint density at radius 3 is 2.39 bits per heavy atom. The summed E-state index contributed by atoms with van der Waals surface area (Å²) in [5.74, 6) is 1.50. The number of benzene rings is 1. The minimum Gasteiger partial charge on any atom is -0.377 e. The van der Waals surface area contributed by atoms with Crippen LogP contribution in [0.25, 0.3) is 0 Å². The number of hydrogen-bond donors (Lipinski definition) is 0. The first-order valence-electron chi connectivity index (χ1n) is 7.12. The lowest BCUT2D eigenvalue weighted by molar-refractivity contribution is 0.134. The molecule has 98 valence electrons. The molecule has 1 heteroatoms. The second-order valence-electron chi connectivity index (χ2n) is 5.23. The fourth-order valence-electron chi connectivity index (χ4n) is 2.79. The zero-order chi connectivity index (χ0) is 12.8. The summed E-state index contributed by atoms with van der Waals surface area (Å²) in [5, 5.41) is 0. The predicted molar refractivity (Wildman–Crippen MR) is 76.7 cm³/mol. The molecule has 1 aliphatic rings. The van der Waals surface area contributed by atoms with Crippen molar-refractivity contribution in [1.29, 1.82) is 0 Å². The summed E-state index contributed by atoms with van der Waals surface area (Å²) in [6, 6.07) is 9.00. The van der Waals surface area contributed by atoms with E-state index < -0.39 is 0 Å². The smallest absolute Gasteiger partial charge is 0.0716 e. The molecule has 18 heavy (non-hydrogen) atoms. The van der Waals surface area contributed by atoms with E-state index in [1.165, 1.54) is 36.8 Å². The fourth-order valence-corrected chi connectivity index (χ4v) is 2.79. The quantitative estimate of drug-likeness (QED) is 0.683. The third kappa shape index (κ3) is 3.46. The summed E-state index contributed by atoms with van der Waals surface area (Å²) < 4.78 is 5.42. The molecule has 0 radical (unpaired) electrons. The number of ether oxygens (including phenoxy) is 1. The molecule has 0 unspecified atom stereocenters. The molecule has 1 fully saturated rings. The Balaban J connectivity index is 1.91. The van der Waals surface area contributed by atoms with E-state index in [1.807, 2.05) is 6.92 Å². The summed E-state index contributed by atoms with van der Waals surface area (Å²) >= 11 is 0. The number of rotatable bonds is 5. The van der Waals surface area contributed by atoms with Gasteiger partial charge in [-0.1, -0.05) is 30.3 Å². The van der Waals surface area contributed by atoms with Gasteiger partial charge < -0.3 is 4.74 Å². The van der Waals surface area contributed by atoms with Crippen LogP contribution >= 0.6 is 0 Å². The van der Waals surface area contributed by atoms with E-state index in [2.05, 4.69) is 36.9 Å². The zero-order valence-electron chi connectivity index (χ0n) is 11.4. The van der Waals surface area contributed by atoms with Gasteiger partial charge in [-0.3, -0.25) is 0 Å². The van der Waals surface area contributed by atoms with Crippen LogP contribution in [-0.2, 0) is 11.3 Å². The molecular formula is C17H24O. The summed E-state index contributed by atoms with van der Waals surface area (Å²) in [6.07, 6.45) is 7.34. The highest BCUT2D eigenvalue weighted by Crippen LogP contribution is 2.36. The maximum atomic E-state index is 5.42. The van der Waals surface area contributed by atoms with Gasteiger partial charge in [0, 0.05) is 6.61 Å². The zero-order valence-corrected chi connectivity index (χ0v) is 11.4. The maximum absolute atomic E-state index is 5.42. The summed E-state index contributed by atoms with van der Waals surface area (Å²) in [4.78, 5) is 0. The Hall–Kier alpha value is -1.08. The van der Waals surface area contributed by atoms with Crippen LogP contribution in [0.15, 0.2) is 36.9 Å². The highest BCUT2D eigenvalue weighted by atomic mass is 16.5. The van der Waals surface area contributed by atoms with Gasteiger partial charge in [-0.15, -0.1) is 6.58 Å². The molecule has 1 saturated carbocycles. The molecule has 0 spiro atoms. The highest BCUT2D eigenvalue weighted by Gasteiger charge is 2.20. The number of allylic oxidation sites excluding steroid dienone is 1. The fraction of sp³-hybridized carbons (Fsp3) is 0.529. The van der Waals surface area contributed by atoms with Crippen LogP contribution in [0.1, 0.15) is 49.7 Å². The first-order chi connectivity index (χ1) is 8.83. The average Bonchev–Trinajstić information content (AvgIpc) is 2.46. The lowest BCUT2D eigenvalue weighted by Gasteiger charge is -2.27. The molecule has 1 aromatic rings. The molecule has 0 N–H and O–H groups in total. The first kappa shape index (κ1) is 13.4. The van der Waals surface area contributed by atoms with Gasteiger partial charge in [0.2, 0.25) is 0 Å². The monoisotopic (exact) mass is 244 g/mol.